The van der Waals surface area contributed by atoms with E-state index in [0.29, 0.717) is 0 Å². The van der Waals surface area contributed by atoms with Gasteiger partial charge in [-0.15, -0.1) is 0 Å². The maximum absolute atomic E-state index is 9.49. The van der Waals surface area contributed by atoms with Crippen LogP contribution in [0.4, 0.5) is 5.82 Å². The molecular weight excluding hydrogens is 214 g/mol. The van der Waals surface area contributed by atoms with E-state index < -0.39 is 0 Å². The number of aliphatic hydroxyl groups excluding tert-OH is 1. The van der Waals surface area contributed by atoms with Gasteiger partial charge < -0.3 is 10.0 Å². The predicted octanol–water partition coefficient (Wildman–Crippen LogP) is 1.85. The molecule has 1 N–H and O–H groups in total. The van der Waals surface area contributed by atoms with E-state index in [-0.39, 0.29) is 6.61 Å². The van der Waals surface area contributed by atoms with Crippen molar-refractivity contribution in [3.05, 3.63) is 11.3 Å². The number of aromatic nitrogens is 2. The lowest BCUT2D eigenvalue weighted by Crippen LogP contribution is -2.27. The highest BCUT2D eigenvalue weighted by Crippen LogP contribution is 2.27. The minimum Gasteiger partial charge on any atom is -0.391 e. The van der Waals surface area contributed by atoms with E-state index in [1.165, 1.54) is 19.3 Å². The molecule has 1 aliphatic rings. The average Bonchev–Trinajstić information content (AvgIpc) is 2.46. The Morgan fingerprint density at radius 1 is 1.35 bits per heavy atom. The fourth-order valence-corrected chi connectivity index (χ4v) is 2.75. The summed E-state index contributed by atoms with van der Waals surface area (Å²) in [6, 6.07) is 0. The Morgan fingerprint density at radius 2 is 2.12 bits per heavy atom. The first kappa shape index (κ1) is 12.4. The van der Waals surface area contributed by atoms with Crippen LogP contribution in [0.1, 0.15) is 37.4 Å². The lowest BCUT2D eigenvalue weighted by atomic mass is 10.0. The van der Waals surface area contributed by atoms with Gasteiger partial charge in [0.15, 0.2) is 0 Å². The highest BCUT2D eigenvalue weighted by atomic mass is 16.3. The first-order valence-corrected chi connectivity index (χ1v) is 6.51. The van der Waals surface area contributed by atoms with Gasteiger partial charge in [0.05, 0.1) is 12.3 Å². The standard InChI is InChI=1S/C13H23N3O/c1-10-5-4-7-16(8-6-10)13-12(9-17)11(2)14-15(13)3/h10,17H,4-9H2,1-3H3. The molecule has 1 fully saturated rings. The molecule has 0 saturated carbocycles. The van der Waals surface area contributed by atoms with Crippen molar-refractivity contribution in [3.8, 4) is 0 Å². The van der Waals surface area contributed by atoms with Crippen LogP contribution in [0.5, 0.6) is 0 Å². The predicted molar refractivity (Wildman–Crippen MR) is 69.1 cm³/mol. The van der Waals surface area contributed by atoms with Gasteiger partial charge in [0.25, 0.3) is 0 Å². The molecule has 0 aromatic carbocycles. The van der Waals surface area contributed by atoms with Crippen LogP contribution in [-0.4, -0.2) is 28.0 Å². The Labute approximate surface area is 103 Å². The van der Waals surface area contributed by atoms with Crippen LogP contribution in [0, 0.1) is 12.8 Å². The van der Waals surface area contributed by atoms with Crippen LogP contribution in [0.3, 0.4) is 0 Å². The highest BCUT2D eigenvalue weighted by molar-refractivity contribution is 5.49. The van der Waals surface area contributed by atoms with Crippen molar-refractivity contribution in [2.45, 2.75) is 39.7 Å². The van der Waals surface area contributed by atoms with Crippen LogP contribution in [0.25, 0.3) is 0 Å². The summed E-state index contributed by atoms with van der Waals surface area (Å²) in [6.45, 7) is 6.53. The first-order valence-electron chi connectivity index (χ1n) is 6.51. The maximum Gasteiger partial charge on any atom is 0.132 e. The van der Waals surface area contributed by atoms with Crippen LogP contribution in [-0.2, 0) is 13.7 Å². The topological polar surface area (TPSA) is 41.3 Å². The first-order chi connectivity index (χ1) is 8.13. The number of rotatable bonds is 2. The number of anilines is 1. The maximum atomic E-state index is 9.49. The highest BCUT2D eigenvalue weighted by Gasteiger charge is 2.21. The molecule has 1 aliphatic heterocycles. The van der Waals surface area contributed by atoms with Gasteiger partial charge in [0.2, 0.25) is 0 Å². The summed E-state index contributed by atoms with van der Waals surface area (Å²) in [5.74, 6) is 1.92. The average molecular weight is 237 g/mol. The SMILES string of the molecule is Cc1nn(C)c(N2CCCC(C)CC2)c1CO. The molecule has 1 saturated heterocycles. The van der Waals surface area contributed by atoms with Gasteiger partial charge >= 0.3 is 0 Å². The van der Waals surface area contributed by atoms with E-state index in [4.69, 9.17) is 0 Å². The third-order valence-corrected chi connectivity index (χ3v) is 3.79. The van der Waals surface area contributed by atoms with Crippen molar-refractivity contribution in [2.75, 3.05) is 18.0 Å². The zero-order valence-corrected chi connectivity index (χ0v) is 11.1. The van der Waals surface area contributed by atoms with E-state index in [2.05, 4.69) is 16.9 Å². The van der Waals surface area contributed by atoms with Gasteiger partial charge in [0.1, 0.15) is 5.82 Å². The Kier molecular flexibility index (Phi) is 3.72. The Morgan fingerprint density at radius 3 is 2.82 bits per heavy atom. The van der Waals surface area contributed by atoms with E-state index in [1.54, 1.807) is 0 Å². The quantitative estimate of drug-likeness (QED) is 0.853. The van der Waals surface area contributed by atoms with Gasteiger partial charge in [-0.1, -0.05) is 6.92 Å². The lowest BCUT2D eigenvalue weighted by molar-refractivity contribution is 0.281. The molecule has 1 unspecified atom stereocenters. The van der Waals surface area contributed by atoms with Gasteiger partial charge in [-0.2, -0.15) is 5.10 Å². The molecule has 0 bridgehead atoms. The third kappa shape index (κ3) is 2.46. The zero-order chi connectivity index (χ0) is 12.4. The molecule has 4 nitrogen and oxygen atoms in total. The van der Waals surface area contributed by atoms with Crippen molar-refractivity contribution in [3.63, 3.8) is 0 Å². The summed E-state index contributed by atoms with van der Waals surface area (Å²) in [7, 11) is 1.97. The molecule has 0 amide bonds. The van der Waals surface area contributed by atoms with E-state index in [0.717, 1.165) is 36.1 Å². The lowest BCUT2D eigenvalue weighted by Gasteiger charge is -2.23. The fraction of sp³-hybridized carbons (Fsp3) is 0.769. The summed E-state index contributed by atoms with van der Waals surface area (Å²) in [4.78, 5) is 2.38. The molecule has 2 rings (SSSR count). The van der Waals surface area contributed by atoms with Crippen LogP contribution in [0.2, 0.25) is 0 Å². The Bertz CT molecular complexity index is 386. The molecule has 4 heteroatoms. The molecule has 17 heavy (non-hydrogen) atoms. The number of hydrogen-bond donors (Lipinski definition) is 1. The molecule has 0 aliphatic carbocycles. The smallest absolute Gasteiger partial charge is 0.132 e. The molecule has 0 spiro atoms. The fourth-order valence-electron chi connectivity index (χ4n) is 2.75. The summed E-state index contributed by atoms with van der Waals surface area (Å²) in [5, 5.41) is 13.9. The van der Waals surface area contributed by atoms with E-state index in [1.807, 2.05) is 18.7 Å². The third-order valence-electron chi connectivity index (χ3n) is 3.79. The summed E-state index contributed by atoms with van der Waals surface area (Å²) < 4.78 is 1.91. The molecular formula is C13H23N3O. The van der Waals surface area contributed by atoms with Crippen LogP contribution < -0.4 is 4.90 Å². The van der Waals surface area contributed by atoms with Crippen molar-refractivity contribution < 1.29 is 5.11 Å². The van der Waals surface area contributed by atoms with Gasteiger partial charge in [-0.25, -0.2) is 0 Å². The largest absolute Gasteiger partial charge is 0.391 e. The molecule has 2 heterocycles. The van der Waals surface area contributed by atoms with Crippen molar-refractivity contribution >= 4 is 5.82 Å². The molecule has 1 aromatic rings. The minimum atomic E-state index is 0.0844. The van der Waals surface area contributed by atoms with Crippen LogP contribution in [0.15, 0.2) is 0 Å². The second-order valence-corrected chi connectivity index (χ2v) is 5.19. The molecule has 0 radical (unpaired) electrons. The summed E-state index contributed by atoms with van der Waals surface area (Å²) >= 11 is 0. The monoisotopic (exact) mass is 237 g/mol. The number of hydrogen-bond acceptors (Lipinski definition) is 3. The second-order valence-electron chi connectivity index (χ2n) is 5.19. The summed E-state index contributed by atoms with van der Waals surface area (Å²) in [6.07, 6.45) is 3.77. The normalized spacial score (nSPS) is 21.6. The zero-order valence-electron chi connectivity index (χ0n) is 11.1. The Balaban J connectivity index is 2.26. The number of aliphatic hydroxyl groups is 1. The van der Waals surface area contributed by atoms with Crippen molar-refractivity contribution in [2.24, 2.45) is 13.0 Å². The van der Waals surface area contributed by atoms with Gasteiger partial charge in [-0.3, -0.25) is 4.68 Å². The molecule has 1 aromatic heterocycles. The second kappa shape index (κ2) is 5.08. The summed E-state index contributed by atoms with van der Waals surface area (Å²) in [5.41, 5.74) is 1.93. The minimum absolute atomic E-state index is 0.0844. The van der Waals surface area contributed by atoms with E-state index in [9.17, 15) is 5.11 Å². The number of nitrogens with zero attached hydrogens (tertiary/aromatic N) is 3. The van der Waals surface area contributed by atoms with Gasteiger partial charge in [0, 0.05) is 25.7 Å². The molecule has 1 atom stereocenters. The Hall–Kier alpha value is -1.03. The van der Waals surface area contributed by atoms with Crippen molar-refractivity contribution in [1.82, 2.24) is 9.78 Å². The van der Waals surface area contributed by atoms with E-state index >= 15 is 0 Å². The van der Waals surface area contributed by atoms with Crippen LogP contribution >= 0.6 is 0 Å². The number of aryl methyl sites for hydroxylation is 2. The van der Waals surface area contributed by atoms with Gasteiger partial charge in [-0.05, 0) is 32.1 Å². The molecule has 96 valence electrons. The van der Waals surface area contributed by atoms with Crippen molar-refractivity contribution in [1.29, 1.82) is 0 Å².